The lowest BCUT2D eigenvalue weighted by Gasteiger charge is -2.39. The van der Waals surface area contributed by atoms with E-state index in [0.29, 0.717) is 6.04 Å². The summed E-state index contributed by atoms with van der Waals surface area (Å²) in [6.07, 6.45) is 4.62. The van der Waals surface area contributed by atoms with Gasteiger partial charge in [-0.25, -0.2) is 4.98 Å². The quantitative estimate of drug-likeness (QED) is 0.769. The molecule has 1 aromatic heterocycles. The molecule has 1 saturated heterocycles. The smallest absolute Gasteiger partial charge is 0.131 e. The summed E-state index contributed by atoms with van der Waals surface area (Å²) >= 11 is 3.48. The van der Waals surface area contributed by atoms with Crippen molar-refractivity contribution in [2.45, 2.75) is 45.0 Å². The first-order chi connectivity index (χ1) is 8.13. The first-order valence-electron chi connectivity index (χ1n) is 6.41. The molecular formula is C14H21BrN2. The summed E-state index contributed by atoms with van der Waals surface area (Å²) in [5.41, 5.74) is 2.55. The predicted octanol–water partition coefficient (Wildman–Crippen LogP) is 3.91. The Bertz CT molecular complexity index is 392. The van der Waals surface area contributed by atoms with Gasteiger partial charge in [0.2, 0.25) is 0 Å². The second-order valence-electron chi connectivity index (χ2n) is 5.17. The maximum Gasteiger partial charge on any atom is 0.131 e. The fourth-order valence-corrected chi connectivity index (χ4v) is 2.94. The first kappa shape index (κ1) is 12.9. The number of hydrogen-bond donors (Lipinski definition) is 0. The molecule has 2 nitrogen and oxygen atoms in total. The van der Waals surface area contributed by atoms with E-state index in [0.717, 1.165) is 17.8 Å². The van der Waals surface area contributed by atoms with Crippen molar-refractivity contribution < 1.29 is 0 Å². The van der Waals surface area contributed by atoms with E-state index in [1.54, 1.807) is 0 Å². The lowest BCUT2D eigenvalue weighted by Crippen LogP contribution is -2.43. The van der Waals surface area contributed by atoms with Gasteiger partial charge in [-0.2, -0.15) is 0 Å². The Labute approximate surface area is 113 Å². The lowest BCUT2D eigenvalue weighted by atomic mass is 9.92. The zero-order chi connectivity index (χ0) is 12.4. The monoisotopic (exact) mass is 296 g/mol. The number of aryl methyl sites for hydroxylation is 1. The van der Waals surface area contributed by atoms with Crippen LogP contribution < -0.4 is 4.90 Å². The molecule has 0 aromatic carbocycles. The fourth-order valence-electron chi connectivity index (χ4n) is 2.63. The van der Waals surface area contributed by atoms with E-state index in [2.05, 4.69) is 52.7 Å². The standard InChI is InChI=1S/C14H21BrN2/c1-10-5-4-6-17(12(10)3)14-11(2)7-13(8-15)9-16-14/h7,9-10,12H,4-6,8H2,1-3H3. The second-order valence-corrected chi connectivity index (χ2v) is 5.73. The number of piperidine rings is 1. The molecule has 1 aromatic rings. The zero-order valence-corrected chi connectivity index (χ0v) is 12.5. The van der Waals surface area contributed by atoms with Gasteiger partial charge >= 0.3 is 0 Å². The van der Waals surface area contributed by atoms with Gasteiger partial charge in [0, 0.05) is 24.1 Å². The van der Waals surface area contributed by atoms with Crippen LogP contribution in [0.1, 0.15) is 37.8 Å². The summed E-state index contributed by atoms with van der Waals surface area (Å²) in [6, 6.07) is 2.84. The van der Waals surface area contributed by atoms with Crippen molar-refractivity contribution in [2.24, 2.45) is 5.92 Å². The number of hydrogen-bond acceptors (Lipinski definition) is 2. The first-order valence-corrected chi connectivity index (χ1v) is 7.53. The van der Waals surface area contributed by atoms with Crippen LogP contribution in [-0.4, -0.2) is 17.6 Å². The van der Waals surface area contributed by atoms with E-state index in [1.165, 1.54) is 29.8 Å². The molecule has 1 fully saturated rings. The molecule has 0 bridgehead atoms. The van der Waals surface area contributed by atoms with Crippen LogP contribution in [0, 0.1) is 12.8 Å². The highest BCUT2D eigenvalue weighted by Crippen LogP contribution is 2.29. The van der Waals surface area contributed by atoms with Crippen LogP contribution in [0.3, 0.4) is 0 Å². The summed E-state index contributed by atoms with van der Waals surface area (Å²) < 4.78 is 0. The number of alkyl halides is 1. The Hall–Kier alpha value is -0.570. The Kier molecular flexibility index (Phi) is 4.08. The molecule has 0 radical (unpaired) electrons. The zero-order valence-electron chi connectivity index (χ0n) is 10.9. The average Bonchev–Trinajstić information content (AvgIpc) is 2.33. The molecule has 17 heavy (non-hydrogen) atoms. The lowest BCUT2D eigenvalue weighted by molar-refractivity contribution is 0.361. The third-order valence-corrected chi connectivity index (χ3v) is 4.55. The minimum Gasteiger partial charge on any atom is -0.353 e. The van der Waals surface area contributed by atoms with Crippen molar-refractivity contribution in [3.05, 3.63) is 23.4 Å². The minimum absolute atomic E-state index is 0.602. The van der Waals surface area contributed by atoms with Crippen molar-refractivity contribution in [1.29, 1.82) is 0 Å². The largest absolute Gasteiger partial charge is 0.353 e. The number of pyridine rings is 1. The van der Waals surface area contributed by atoms with Gasteiger partial charge in [0.15, 0.2) is 0 Å². The minimum atomic E-state index is 0.602. The third kappa shape index (κ3) is 2.65. The molecule has 2 rings (SSSR count). The molecule has 2 heterocycles. The van der Waals surface area contributed by atoms with Crippen LogP contribution in [0.2, 0.25) is 0 Å². The van der Waals surface area contributed by atoms with Gasteiger partial charge in [0.1, 0.15) is 5.82 Å². The summed E-state index contributed by atoms with van der Waals surface area (Å²) in [5, 5.41) is 0.882. The highest BCUT2D eigenvalue weighted by Gasteiger charge is 2.26. The predicted molar refractivity (Wildman–Crippen MR) is 76.8 cm³/mol. The van der Waals surface area contributed by atoms with Gasteiger partial charge in [-0.15, -0.1) is 0 Å². The van der Waals surface area contributed by atoms with Crippen LogP contribution in [0.25, 0.3) is 0 Å². The van der Waals surface area contributed by atoms with Crippen LogP contribution in [0.5, 0.6) is 0 Å². The Morgan fingerprint density at radius 1 is 1.47 bits per heavy atom. The van der Waals surface area contributed by atoms with Gasteiger partial charge < -0.3 is 4.90 Å². The van der Waals surface area contributed by atoms with Crippen molar-refractivity contribution in [2.75, 3.05) is 11.4 Å². The molecule has 94 valence electrons. The number of rotatable bonds is 2. The summed E-state index contributed by atoms with van der Waals surface area (Å²) in [7, 11) is 0. The highest BCUT2D eigenvalue weighted by atomic mass is 79.9. The third-order valence-electron chi connectivity index (χ3n) is 3.91. The maximum atomic E-state index is 4.65. The molecular weight excluding hydrogens is 276 g/mol. The van der Waals surface area contributed by atoms with Gasteiger partial charge in [0.25, 0.3) is 0 Å². The number of nitrogens with zero attached hydrogens (tertiary/aromatic N) is 2. The summed E-state index contributed by atoms with van der Waals surface area (Å²) in [6.45, 7) is 7.98. The molecule has 0 saturated carbocycles. The SMILES string of the molecule is Cc1cc(CBr)cnc1N1CCCC(C)C1C. The van der Waals surface area contributed by atoms with E-state index >= 15 is 0 Å². The molecule has 0 N–H and O–H groups in total. The summed E-state index contributed by atoms with van der Waals surface area (Å²) in [4.78, 5) is 7.13. The molecule has 1 aliphatic rings. The van der Waals surface area contributed by atoms with Crippen LogP contribution in [0.15, 0.2) is 12.3 Å². The van der Waals surface area contributed by atoms with Crippen molar-refractivity contribution in [3.8, 4) is 0 Å². The fraction of sp³-hybridized carbons (Fsp3) is 0.643. The Morgan fingerprint density at radius 3 is 2.88 bits per heavy atom. The van der Waals surface area contributed by atoms with Crippen molar-refractivity contribution >= 4 is 21.7 Å². The van der Waals surface area contributed by atoms with Crippen molar-refractivity contribution in [3.63, 3.8) is 0 Å². The van der Waals surface area contributed by atoms with Gasteiger partial charge in [0.05, 0.1) is 0 Å². The maximum absolute atomic E-state index is 4.65. The van der Waals surface area contributed by atoms with E-state index < -0.39 is 0 Å². The van der Waals surface area contributed by atoms with E-state index in [-0.39, 0.29) is 0 Å². The van der Waals surface area contributed by atoms with E-state index in [9.17, 15) is 0 Å². The Morgan fingerprint density at radius 2 is 2.24 bits per heavy atom. The topological polar surface area (TPSA) is 16.1 Å². The molecule has 2 unspecified atom stereocenters. The van der Waals surface area contributed by atoms with Gasteiger partial charge in [-0.05, 0) is 43.7 Å². The molecule has 2 atom stereocenters. The molecule has 0 spiro atoms. The Balaban J connectivity index is 2.27. The molecule has 1 aliphatic heterocycles. The van der Waals surface area contributed by atoms with Gasteiger partial charge in [-0.3, -0.25) is 0 Å². The van der Waals surface area contributed by atoms with Crippen LogP contribution in [-0.2, 0) is 5.33 Å². The molecule has 3 heteroatoms. The number of anilines is 1. The number of halogens is 1. The second kappa shape index (κ2) is 5.38. The average molecular weight is 297 g/mol. The van der Waals surface area contributed by atoms with Crippen molar-refractivity contribution in [1.82, 2.24) is 4.98 Å². The van der Waals surface area contributed by atoms with E-state index in [4.69, 9.17) is 0 Å². The highest BCUT2D eigenvalue weighted by molar-refractivity contribution is 9.08. The normalized spacial score (nSPS) is 25.1. The van der Waals surface area contributed by atoms with E-state index in [1.807, 2.05) is 6.20 Å². The van der Waals surface area contributed by atoms with Crippen LogP contribution in [0.4, 0.5) is 5.82 Å². The molecule has 0 amide bonds. The van der Waals surface area contributed by atoms with Gasteiger partial charge in [-0.1, -0.05) is 28.9 Å². The summed E-state index contributed by atoms with van der Waals surface area (Å²) in [5.74, 6) is 1.94. The molecule has 0 aliphatic carbocycles. The number of aromatic nitrogens is 1. The van der Waals surface area contributed by atoms with Crippen LogP contribution >= 0.6 is 15.9 Å².